The van der Waals surface area contributed by atoms with E-state index in [1.54, 1.807) is 11.3 Å². The first-order chi connectivity index (χ1) is 29.7. The molecule has 0 saturated heterocycles. The van der Waals surface area contributed by atoms with Crippen molar-refractivity contribution in [2.75, 3.05) is 0 Å². The SMILES string of the molecule is c1ccc(-c2nc(-c3cccc(-c4c5ccccc5cc5sc6c(ccc7c8ccccc8c8ccccc8c76)c45)c3)nc(-c3cccc4c3sc3ccccc34)n2)cc1. The van der Waals surface area contributed by atoms with E-state index < -0.39 is 0 Å². The number of hydrogen-bond acceptors (Lipinski definition) is 5. The molecule has 0 saturated carbocycles. The highest BCUT2D eigenvalue weighted by Crippen LogP contribution is 2.49. The Labute approximate surface area is 352 Å². The van der Waals surface area contributed by atoms with E-state index in [9.17, 15) is 0 Å². The molecular formula is C55H31N3S2. The Morgan fingerprint density at radius 1 is 0.300 bits per heavy atom. The third kappa shape index (κ3) is 5.03. The zero-order valence-electron chi connectivity index (χ0n) is 32.1. The van der Waals surface area contributed by atoms with Gasteiger partial charge in [-0.1, -0.05) is 164 Å². The Morgan fingerprint density at radius 3 is 1.67 bits per heavy atom. The summed E-state index contributed by atoms with van der Waals surface area (Å²) in [7, 11) is 0. The van der Waals surface area contributed by atoms with E-state index in [1.165, 1.54) is 89.0 Å². The third-order valence-electron chi connectivity index (χ3n) is 12.1. The molecule has 0 atom stereocenters. The third-order valence-corrected chi connectivity index (χ3v) is 14.5. The van der Waals surface area contributed by atoms with Gasteiger partial charge in [-0.15, -0.1) is 22.7 Å². The molecule has 0 aliphatic heterocycles. The smallest absolute Gasteiger partial charge is 0.165 e. The second kappa shape index (κ2) is 13.1. The van der Waals surface area contributed by atoms with Gasteiger partial charge in [0, 0.05) is 62.4 Å². The van der Waals surface area contributed by atoms with Crippen LogP contribution in [0.3, 0.4) is 0 Å². The van der Waals surface area contributed by atoms with E-state index in [0.717, 1.165) is 22.3 Å². The van der Waals surface area contributed by atoms with Crippen LogP contribution in [0.4, 0.5) is 0 Å². The zero-order chi connectivity index (χ0) is 39.3. The first-order valence-electron chi connectivity index (χ1n) is 20.2. The van der Waals surface area contributed by atoms with Crippen molar-refractivity contribution >= 4 is 106 Å². The monoisotopic (exact) mass is 797 g/mol. The lowest BCUT2D eigenvalue weighted by Gasteiger charge is -2.13. The number of aromatic nitrogens is 3. The van der Waals surface area contributed by atoms with Crippen LogP contribution >= 0.6 is 22.7 Å². The van der Waals surface area contributed by atoms with E-state index in [-0.39, 0.29) is 0 Å². The minimum atomic E-state index is 0.648. The Bertz CT molecular complexity index is 3870. The fourth-order valence-electron chi connectivity index (χ4n) is 9.42. The molecule has 10 aromatic carbocycles. The van der Waals surface area contributed by atoms with E-state index in [2.05, 4.69) is 170 Å². The quantitative estimate of drug-likeness (QED) is 0.167. The van der Waals surface area contributed by atoms with Crippen LogP contribution in [0.1, 0.15) is 0 Å². The van der Waals surface area contributed by atoms with E-state index in [1.807, 2.05) is 29.5 Å². The largest absolute Gasteiger partial charge is 0.208 e. The number of nitrogens with zero attached hydrogens (tertiary/aromatic N) is 3. The molecular weight excluding hydrogens is 767 g/mol. The Kier molecular flexibility index (Phi) is 7.35. The van der Waals surface area contributed by atoms with Gasteiger partial charge in [-0.2, -0.15) is 0 Å². The van der Waals surface area contributed by atoms with Crippen LogP contribution in [0.25, 0.3) is 129 Å². The van der Waals surface area contributed by atoms with Gasteiger partial charge in [-0.25, -0.2) is 15.0 Å². The molecule has 13 rings (SSSR count). The average molecular weight is 798 g/mol. The van der Waals surface area contributed by atoms with Gasteiger partial charge in [0.1, 0.15) is 0 Å². The van der Waals surface area contributed by atoms with Crippen LogP contribution in [-0.4, -0.2) is 15.0 Å². The minimum absolute atomic E-state index is 0.648. The van der Waals surface area contributed by atoms with Crippen molar-refractivity contribution in [2.24, 2.45) is 0 Å². The van der Waals surface area contributed by atoms with Gasteiger partial charge >= 0.3 is 0 Å². The van der Waals surface area contributed by atoms with Gasteiger partial charge in [-0.3, -0.25) is 0 Å². The van der Waals surface area contributed by atoms with Crippen molar-refractivity contribution in [3.05, 3.63) is 188 Å². The molecule has 3 nitrogen and oxygen atoms in total. The summed E-state index contributed by atoms with van der Waals surface area (Å²) in [6.45, 7) is 0. The summed E-state index contributed by atoms with van der Waals surface area (Å²) in [5.41, 5.74) is 5.27. The summed E-state index contributed by atoms with van der Waals surface area (Å²) in [6.07, 6.45) is 0. The fourth-order valence-corrected chi connectivity index (χ4v) is 12.0. The van der Waals surface area contributed by atoms with Crippen LogP contribution < -0.4 is 0 Å². The molecule has 0 unspecified atom stereocenters. The molecule has 0 radical (unpaired) electrons. The van der Waals surface area contributed by atoms with Crippen molar-refractivity contribution in [3.63, 3.8) is 0 Å². The molecule has 3 heterocycles. The van der Waals surface area contributed by atoms with Crippen molar-refractivity contribution in [2.45, 2.75) is 0 Å². The summed E-state index contributed by atoms with van der Waals surface area (Å²) in [5.74, 6) is 1.97. The molecule has 0 amide bonds. The maximum Gasteiger partial charge on any atom is 0.165 e. The standard InChI is InChI=1S/C55H31N3S2/c1-2-14-32(15-3-1)53-56-54(58-55(57-53)45-26-13-25-43-40-23-10-11-27-46(40)59-51(43)45)35-18-12-17-34(30-35)48-36-19-5-4-16-33(36)31-47-50(48)44-29-28-42-39-22-7-6-20-37(39)38-21-8-9-24-41(38)49(42)52(44)60-47/h1-31H. The summed E-state index contributed by atoms with van der Waals surface area (Å²) in [5, 5.41) is 15.3. The van der Waals surface area contributed by atoms with E-state index in [0.29, 0.717) is 17.5 Å². The van der Waals surface area contributed by atoms with Gasteiger partial charge in [-0.05, 0) is 73.1 Å². The predicted octanol–water partition coefficient (Wildman–Crippen LogP) is 15.9. The second-order valence-electron chi connectivity index (χ2n) is 15.4. The molecule has 5 heteroatoms. The average Bonchev–Trinajstić information content (AvgIpc) is 3.89. The first kappa shape index (κ1) is 33.6. The Balaban J connectivity index is 1.07. The first-order valence-corrected chi connectivity index (χ1v) is 21.8. The number of hydrogen-bond donors (Lipinski definition) is 0. The maximum atomic E-state index is 5.29. The van der Waals surface area contributed by atoms with Gasteiger partial charge in [0.2, 0.25) is 0 Å². The topological polar surface area (TPSA) is 38.7 Å². The van der Waals surface area contributed by atoms with Crippen molar-refractivity contribution in [3.8, 4) is 45.3 Å². The molecule has 3 aromatic heterocycles. The lowest BCUT2D eigenvalue weighted by molar-refractivity contribution is 1.08. The van der Waals surface area contributed by atoms with E-state index in [4.69, 9.17) is 15.0 Å². The van der Waals surface area contributed by atoms with Crippen molar-refractivity contribution in [1.82, 2.24) is 15.0 Å². The number of rotatable bonds is 4. The molecule has 60 heavy (non-hydrogen) atoms. The lowest BCUT2D eigenvalue weighted by Crippen LogP contribution is -2.00. The number of thiophene rings is 2. The van der Waals surface area contributed by atoms with Crippen molar-refractivity contribution < 1.29 is 0 Å². The fraction of sp³-hybridized carbons (Fsp3) is 0. The molecule has 0 fully saturated rings. The molecule has 13 aromatic rings. The molecule has 0 aliphatic rings. The van der Waals surface area contributed by atoms with Crippen LogP contribution in [-0.2, 0) is 0 Å². The van der Waals surface area contributed by atoms with Gasteiger partial charge in [0.05, 0.1) is 0 Å². The highest BCUT2D eigenvalue weighted by molar-refractivity contribution is 7.27. The summed E-state index contributed by atoms with van der Waals surface area (Å²) >= 11 is 3.70. The van der Waals surface area contributed by atoms with Crippen LogP contribution in [0.2, 0.25) is 0 Å². The summed E-state index contributed by atoms with van der Waals surface area (Å²) in [6, 6.07) is 67.8. The van der Waals surface area contributed by atoms with Gasteiger partial charge in [0.15, 0.2) is 17.5 Å². The van der Waals surface area contributed by atoms with Gasteiger partial charge in [0.25, 0.3) is 0 Å². The predicted molar refractivity (Wildman–Crippen MR) is 257 cm³/mol. The summed E-state index contributed by atoms with van der Waals surface area (Å²) in [4.78, 5) is 15.6. The van der Waals surface area contributed by atoms with Crippen LogP contribution in [0, 0.1) is 0 Å². The molecule has 0 N–H and O–H groups in total. The second-order valence-corrected chi connectivity index (χ2v) is 17.5. The van der Waals surface area contributed by atoms with E-state index >= 15 is 0 Å². The molecule has 278 valence electrons. The molecule has 0 spiro atoms. The molecule has 0 aliphatic carbocycles. The number of fused-ring (bicyclic) bond motifs is 14. The highest BCUT2D eigenvalue weighted by atomic mass is 32.1. The minimum Gasteiger partial charge on any atom is -0.208 e. The maximum absolute atomic E-state index is 5.29. The lowest BCUT2D eigenvalue weighted by atomic mass is 9.90. The van der Waals surface area contributed by atoms with Crippen LogP contribution in [0.15, 0.2) is 188 Å². The van der Waals surface area contributed by atoms with Crippen LogP contribution in [0.5, 0.6) is 0 Å². The number of benzene rings is 10. The highest BCUT2D eigenvalue weighted by Gasteiger charge is 2.21. The Hall–Kier alpha value is -7.31. The molecule has 0 bridgehead atoms. The Morgan fingerprint density at radius 2 is 0.850 bits per heavy atom. The van der Waals surface area contributed by atoms with Gasteiger partial charge < -0.3 is 0 Å². The summed E-state index contributed by atoms with van der Waals surface area (Å²) < 4.78 is 5.03. The normalized spacial score (nSPS) is 12.0. The van der Waals surface area contributed by atoms with Crippen molar-refractivity contribution in [1.29, 1.82) is 0 Å². The zero-order valence-corrected chi connectivity index (χ0v) is 33.7.